The number of ether oxygens (including phenoxy) is 1. The zero-order valence-electron chi connectivity index (χ0n) is 22.0. The molecule has 1 saturated carbocycles. The van der Waals surface area contributed by atoms with Crippen molar-refractivity contribution in [3.05, 3.63) is 64.5 Å². The zero-order valence-corrected chi connectivity index (χ0v) is 22.0. The van der Waals surface area contributed by atoms with E-state index in [9.17, 15) is 9.59 Å². The molecule has 0 atom stereocenters. The fourth-order valence-electron chi connectivity index (χ4n) is 5.04. The summed E-state index contributed by atoms with van der Waals surface area (Å²) in [7, 11) is 3.98. The lowest BCUT2D eigenvalue weighted by Gasteiger charge is -2.29. The van der Waals surface area contributed by atoms with E-state index in [2.05, 4.69) is 10.6 Å². The number of amides is 1. The number of aromatic nitrogens is 2. The predicted molar refractivity (Wildman–Crippen MR) is 149 cm³/mol. The second kappa shape index (κ2) is 11.1. The van der Waals surface area contributed by atoms with E-state index in [4.69, 9.17) is 19.1 Å². The van der Waals surface area contributed by atoms with Crippen LogP contribution >= 0.6 is 0 Å². The Morgan fingerprint density at radius 1 is 1.05 bits per heavy atom. The number of rotatable bonds is 8. The van der Waals surface area contributed by atoms with Crippen LogP contribution in [0.3, 0.4) is 0 Å². The fourth-order valence-corrected chi connectivity index (χ4v) is 5.04. The van der Waals surface area contributed by atoms with Gasteiger partial charge in [-0.2, -0.15) is 4.98 Å². The van der Waals surface area contributed by atoms with Gasteiger partial charge in [0.15, 0.2) is 17.9 Å². The quantitative estimate of drug-likeness (QED) is 0.335. The van der Waals surface area contributed by atoms with Crippen molar-refractivity contribution in [2.24, 2.45) is 5.92 Å². The van der Waals surface area contributed by atoms with E-state index in [1.165, 1.54) is 6.07 Å². The van der Waals surface area contributed by atoms with Crippen molar-refractivity contribution >= 4 is 39.5 Å². The van der Waals surface area contributed by atoms with Crippen molar-refractivity contribution in [2.75, 3.05) is 37.5 Å². The molecule has 9 heteroatoms. The van der Waals surface area contributed by atoms with Gasteiger partial charge in [-0.25, -0.2) is 9.78 Å². The molecule has 2 aromatic carbocycles. The summed E-state index contributed by atoms with van der Waals surface area (Å²) in [6, 6.07) is 15.2. The van der Waals surface area contributed by atoms with Crippen LogP contribution in [-0.2, 0) is 4.79 Å². The topological polar surface area (TPSA) is 110 Å². The third-order valence-electron chi connectivity index (χ3n) is 7.07. The number of carbonyl (C=O) groups is 1. The van der Waals surface area contributed by atoms with Gasteiger partial charge in [0.05, 0.1) is 5.52 Å². The van der Waals surface area contributed by atoms with Crippen molar-refractivity contribution in [3.8, 4) is 5.75 Å². The summed E-state index contributed by atoms with van der Waals surface area (Å²) in [6.45, 7) is 2.31. The number of hydrogen-bond acceptors (Lipinski definition) is 8. The SMILES string of the molecule is Cc1cc(=O)oc2c(OCC(=O)NCC3CCC(Nc4nc(N(C)C)c5ccccc5n4)CC3)cccc12. The number of aryl methyl sites for hydroxylation is 1. The van der Waals surface area contributed by atoms with Crippen LogP contribution in [0.2, 0.25) is 0 Å². The maximum Gasteiger partial charge on any atom is 0.336 e. The first-order valence-corrected chi connectivity index (χ1v) is 13.0. The lowest BCUT2D eigenvalue weighted by molar-refractivity contribution is -0.123. The van der Waals surface area contributed by atoms with Crippen LogP contribution in [0, 0.1) is 12.8 Å². The van der Waals surface area contributed by atoms with E-state index in [0.29, 0.717) is 35.8 Å². The average molecular weight is 516 g/mol. The Morgan fingerprint density at radius 3 is 2.61 bits per heavy atom. The normalized spacial score (nSPS) is 17.3. The first-order chi connectivity index (χ1) is 18.4. The Kier molecular flexibility index (Phi) is 7.44. The molecule has 1 amide bonds. The molecule has 2 heterocycles. The number of anilines is 2. The molecule has 0 spiro atoms. The summed E-state index contributed by atoms with van der Waals surface area (Å²) in [5.41, 5.74) is 1.66. The summed E-state index contributed by atoms with van der Waals surface area (Å²) >= 11 is 0. The van der Waals surface area contributed by atoms with E-state index in [0.717, 1.165) is 53.4 Å². The molecule has 2 aromatic heterocycles. The Hall–Kier alpha value is -4.14. The molecule has 0 aliphatic heterocycles. The van der Waals surface area contributed by atoms with Gasteiger partial charge >= 0.3 is 5.63 Å². The van der Waals surface area contributed by atoms with Crippen molar-refractivity contribution in [3.63, 3.8) is 0 Å². The number of benzene rings is 2. The molecule has 198 valence electrons. The second-order valence-electron chi connectivity index (χ2n) is 10.1. The standard InChI is InChI=1S/C29H33N5O4/c1-18-15-26(36)38-27-21(18)8-6-10-24(27)37-17-25(35)30-16-19-11-13-20(14-12-19)31-29-32-23-9-5-4-7-22(23)28(33-29)34(2)3/h4-10,15,19-20H,11-14,16-17H2,1-3H3,(H,30,35)(H,31,32,33). The lowest BCUT2D eigenvalue weighted by Crippen LogP contribution is -2.36. The second-order valence-corrected chi connectivity index (χ2v) is 10.1. The fraction of sp³-hybridized carbons (Fsp3) is 0.379. The van der Waals surface area contributed by atoms with Crippen LogP contribution in [0.15, 0.2) is 57.7 Å². The molecule has 0 radical (unpaired) electrons. The van der Waals surface area contributed by atoms with Gasteiger partial charge < -0.3 is 24.7 Å². The van der Waals surface area contributed by atoms with Gasteiger partial charge in [0.1, 0.15) is 5.82 Å². The molecule has 1 fully saturated rings. The maximum atomic E-state index is 12.5. The van der Waals surface area contributed by atoms with Gasteiger partial charge in [0.25, 0.3) is 5.91 Å². The summed E-state index contributed by atoms with van der Waals surface area (Å²) in [4.78, 5) is 35.7. The molecule has 0 bridgehead atoms. The highest BCUT2D eigenvalue weighted by atomic mass is 16.5. The van der Waals surface area contributed by atoms with E-state index in [1.54, 1.807) is 6.07 Å². The first kappa shape index (κ1) is 25.5. The van der Waals surface area contributed by atoms with Crippen molar-refractivity contribution in [1.82, 2.24) is 15.3 Å². The molecule has 5 rings (SSSR count). The molecular formula is C29H33N5O4. The summed E-state index contributed by atoms with van der Waals surface area (Å²) in [5.74, 6) is 2.15. The van der Waals surface area contributed by atoms with E-state index in [1.807, 2.05) is 62.3 Å². The van der Waals surface area contributed by atoms with E-state index < -0.39 is 5.63 Å². The lowest BCUT2D eigenvalue weighted by atomic mass is 9.86. The highest BCUT2D eigenvalue weighted by Gasteiger charge is 2.23. The van der Waals surface area contributed by atoms with Gasteiger partial charge in [0, 0.05) is 43.5 Å². The summed E-state index contributed by atoms with van der Waals surface area (Å²) < 4.78 is 11.0. The third-order valence-corrected chi connectivity index (χ3v) is 7.07. The molecule has 1 aliphatic carbocycles. The number of nitrogens with zero attached hydrogens (tertiary/aromatic N) is 3. The number of fused-ring (bicyclic) bond motifs is 2. The van der Waals surface area contributed by atoms with Gasteiger partial charge in [-0.15, -0.1) is 0 Å². The van der Waals surface area contributed by atoms with Crippen LogP contribution in [0.4, 0.5) is 11.8 Å². The molecule has 2 N–H and O–H groups in total. The molecular weight excluding hydrogens is 482 g/mol. The molecule has 9 nitrogen and oxygen atoms in total. The van der Waals surface area contributed by atoms with Crippen molar-refractivity contribution in [2.45, 2.75) is 38.6 Å². The minimum Gasteiger partial charge on any atom is -0.480 e. The molecule has 38 heavy (non-hydrogen) atoms. The van der Waals surface area contributed by atoms with Gasteiger partial charge in [-0.3, -0.25) is 4.79 Å². The molecule has 4 aromatic rings. The van der Waals surface area contributed by atoms with Gasteiger partial charge in [-0.05, 0) is 62.3 Å². The average Bonchev–Trinajstić information content (AvgIpc) is 2.91. The monoisotopic (exact) mass is 515 g/mol. The zero-order chi connectivity index (χ0) is 26.6. The van der Waals surface area contributed by atoms with Crippen molar-refractivity contribution < 1.29 is 13.9 Å². The Balaban J connectivity index is 1.10. The van der Waals surface area contributed by atoms with Crippen LogP contribution in [0.25, 0.3) is 21.9 Å². The number of hydrogen-bond donors (Lipinski definition) is 2. The minimum atomic E-state index is -0.439. The highest BCUT2D eigenvalue weighted by Crippen LogP contribution is 2.29. The molecule has 0 saturated heterocycles. The minimum absolute atomic E-state index is 0.138. The Morgan fingerprint density at radius 2 is 1.82 bits per heavy atom. The van der Waals surface area contributed by atoms with Crippen LogP contribution in [0.1, 0.15) is 31.2 Å². The summed E-state index contributed by atoms with van der Waals surface area (Å²) in [5, 5.41) is 8.34. The smallest absolute Gasteiger partial charge is 0.336 e. The molecule has 0 unspecified atom stereocenters. The number of para-hydroxylation sites is 2. The summed E-state index contributed by atoms with van der Waals surface area (Å²) in [6.07, 6.45) is 3.97. The third kappa shape index (κ3) is 5.72. The van der Waals surface area contributed by atoms with E-state index >= 15 is 0 Å². The van der Waals surface area contributed by atoms with Crippen LogP contribution in [0.5, 0.6) is 5.75 Å². The highest BCUT2D eigenvalue weighted by molar-refractivity contribution is 5.90. The maximum absolute atomic E-state index is 12.5. The van der Waals surface area contributed by atoms with Crippen LogP contribution in [-0.4, -0.2) is 49.2 Å². The predicted octanol–water partition coefficient (Wildman–Crippen LogP) is 4.28. The Labute approximate surface area is 221 Å². The van der Waals surface area contributed by atoms with Gasteiger partial charge in [0.2, 0.25) is 5.95 Å². The number of nitrogens with one attached hydrogen (secondary N) is 2. The van der Waals surface area contributed by atoms with Crippen molar-refractivity contribution in [1.29, 1.82) is 0 Å². The van der Waals surface area contributed by atoms with Crippen LogP contribution < -0.4 is 25.9 Å². The first-order valence-electron chi connectivity index (χ1n) is 13.0. The largest absolute Gasteiger partial charge is 0.480 e. The molecule has 1 aliphatic rings. The van der Waals surface area contributed by atoms with E-state index in [-0.39, 0.29) is 12.5 Å². The number of carbonyl (C=O) groups excluding carboxylic acids is 1. The van der Waals surface area contributed by atoms with Gasteiger partial charge in [-0.1, -0.05) is 24.3 Å². The Bertz CT molecular complexity index is 1510.